The summed E-state index contributed by atoms with van der Waals surface area (Å²) in [5.41, 5.74) is 2.51. The van der Waals surface area contributed by atoms with Crippen molar-refractivity contribution in [2.24, 2.45) is 0 Å². The van der Waals surface area contributed by atoms with E-state index in [1.807, 2.05) is 12.2 Å². The van der Waals surface area contributed by atoms with E-state index >= 15 is 0 Å². The summed E-state index contributed by atoms with van der Waals surface area (Å²) in [5.74, 6) is 0.579. The predicted molar refractivity (Wildman–Crippen MR) is 80.9 cm³/mol. The van der Waals surface area contributed by atoms with Crippen molar-refractivity contribution < 1.29 is 0 Å². The molecule has 0 saturated carbocycles. The first-order valence-corrected chi connectivity index (χ1v) is 7.23. The van der Waals surface area contributed by atoms with Gasteiger partial charge < -0.3 is 10.2 Å². The monoisotopic (exact) mass is 264 g/mol. The third-order valence-corrected chi connectivity index (χ3v) is 3.45. The van der Waals surface area contributed by atoms with E-state index in [2.05, 4.69) is 34.5 Å². The minimum Gasteiger partial charge on any atom is -0.382 e. The first-order valence-electron chi connectivity index (χ1n) is 6.70. The molecule has 0 unspecified atom stereocenters. The van der Waals surface area contributed by atoms with Crippen molar-refractivity contribution in [3.8, 4) is 0 Å². The minimum absolute atomic E-state index is 0.579. The Kier molecular flexibility index (Phi) is 5.40. The van der Waals surface area contributed by atoms with Gasteiger partial charge in [-0.05, 0) is 43.5 Å². The molecule has 1 N–H and O–H groups in total. The second kappa shape index (κ2) is 7.32. The lowest BCUT2D eigenvalue weighted by Gasteiger charge is -2.28. The number of allylic oxidation sites excluding steroid dienone is 1. The lowest BCUT2D eigenvalue weighted by Crippen LogP contribution is -2.29. The number of hydrogen-bond acceptors (Lipinski definition) is 2. The van der Waals surface area contributed by atoms with Crippen LogP contribution in [0.2, 0.25) is 0 Å². The SMILES string of the molecule is ClC/C=C/CNc1ccc(N2CCCCC2)cc1. The fraction of sp³-hybridized carbons (Fsp3) is 0.467. The van der Waals surface area contributed by atoms with Crippen LogP contribution in [0.5, 0.6) is 0 Å². The summed E-state index contributed by atoms with van der Waals surface area (Å²) in [7, 11) is 0. The number of halogens is 1. The Balaban J connectivity index is 1.86. The molecule has 3 heteroatoms. The molecule has 18 heavy (non-hydrogen) atoms. The van der Waals surface area contributed by atoms with Crippen LogP contribution in [0, 0.1) is 0 Å². The van der Waals surface area contributed by atoms with Crippen molar-refractivity contribution >= 4 is 23.0 Å². The van der Waals surface area contributed by atoms with Crippen LogP contribution in [0.3, 0.4) is 0 Å². The van der Waals surface area contributed by atoms with E-state index in [9.17, 15) is 0 Å². The Labute approximate surface area is 115 Å². The van der Waals surface area contributed by atoms with Crippen LogP contribution in [0.25, 0.3) is 0 Å². The maximum Gasteiger partial charge on any atom is 0.0404 e. The Morgan fingerprint density at radius 2 is 1.78 bits per heavy atom. The molecule has 0 radical (unpaired) electrons. The van der Waals surface area contributed by atoms with Crippen molar-refractivity contribution in [1.82, 2.24) is 0 Å². The van der Waals surface area contributed by atoms with Gasteiger partial charge in [0.1, 0.15) is 0 Å². The van der Waals surface area contributed by atoms with Crippen LogP contribution in [-0.4, -0.2) is 25.5 Å². The quantitative estimate of drug-likeness (QED) is 0.641. The van der Waals surface area contributed by atoms with Crippen LogP contribution >= 0.6 is 11.6 Å². The highest BCUT2D eigenvalue weighted by molar-refractivity contribution is 6.18. The largest absolute Gasteiger partial charge is 0.382 e. The average Bonchev–Trinajstić information content (AvgIpc) is 2.45. The summed E-state index contributed by atoms with van der Waals surface area (Å²) < 4.78 is 0. The van der Waals surface area contributed by atoms with Gasteiger partial charge in [-0.25, -0.2) is 0 Å². The molecule has 0 aromatic heterocycles. The number of anilines is 2. The molecule has 1 aliphatic heterocycles. The normalized spacial score (nSPS) is 16.2. The first kappa shape index (κ1) is 13.3. The summed E-state index contributed by atoms with van der Waals surface area (Å²) in [5, 5.41) is 3.35. The lowest BCUT2D eigenvalue weighted by molar-refractivity contribution is 0.578. The number of nitrogens with zero attached hydrogens (tertiary/aromatic N) is 1. The maximum atomic E-state index is 5.57. The molecule has 1 saturated heterocycles. The van der Waals surface area contributed by atoms with E-state index in [1.54, 1.807) is 0 Å². The summed E-state index contributed by atoms with van der Waals surface area (Å²) in [6, 6.07) is 8.72. The summed E-state index contributed by atoms with van der Waals surface area (Å²) in [6.45, 7) is 3.23. The van der Waals surface area contributed by atoms with Gasteiger partial charge in [-0.1, -0.05) is 12.2 Å². The van der Waals surface area contributed by atoms with Crippen molar-refractivity contribution in [2.75, 3.05) is 35.7 Å². The molecule has 0 spiro atoms. The molecule has 1 heterocycles. The van der Waals surface area contributed by atoms with Gasteiger partial charge in [0.05, 0.1) is 0 Å². The van der Waals surface area contributed by atoms with E-state index in [0.717, 1.165) is 12.2 Å². The fourth-order valence-corrected chi connectivity index (χ4v) is 2.39. The van der Waals surface area contributed by atoms with E-state index in [0.29, 0.717) is 5.88 Å². The lowest BCUT2D eigenvalue weighted by atomic mass is 10.1. The number of rotatable bonds is 5. The number of benzene rings is 1. The van der Waals surface area contributed by atoms with Gasteiger partial charge in [-0.3, -0.25) is 0 Å². The molecule has 1 fully saturated rings. The summed E-state index contributed by atoms with van der Waals surface area (Å²) in [6.07, 6.45) is 8.03. The molecule has 2 nitrogen and oxygen atoms in total. The second-order valence-electron chi connectivity index (χ2n) is 4.60. The van der Waals surface area contributed by atoms with Crippen molar-refractivity contribution in [3.05, 3.63) is 36.4 Å². The smallest absolute Gasteiger partial charge is 0.0404 e. The van der Waals surface area contributed by atoms with Crippen LogP contribution in [-0.2, 0) is 0 Å². The molecule has 1 aliphatic rings. The molecule has 2 rings (SSSR count). The van der Waals surface area contributed by atoms with E-state index < -0.39 is 0 Å². The van der Waals surface area contributed by atoms with Gasteiger partial charge >= 0.3 is 0 Å². The Bertz CT molecular complexity index is 367. The van der Waals surface area contributed by atoms with Crippen LogP contribution in [0.15, 0.2) is 36.4 Å². The third-order valence-electron chi connectivity index (χ3n) is 3.27. The van der Waals surface area contributed by atoms with Crippen LogP contribution in [0.4, 0.5) is 11.4 Å². The highest BCUT2D eigenvalue weighted by Crippen LogP contribution is 2.21. The first-order chi connectivity index (χ1) is 8.90. The van der Waals surface area contributed by atoms with E-state index in [4.69, 9.17) is 11.6 Å². The molecule has 0 atom stereocenters. The third kappa shape index (κ3) is 3.95. The highest BCUT2D eigenvalue weighted by Gasteiger charge is 2.10. The zero-order valence-corrected chi connectivity index (χ0v) is 11.5. The molecular formula is C15H21ClN2. The number of hydrogen-bond donors (Lipinski definition) is 1. The average molecular weight is 265 g/mol. The zero-order chi connectivity index (χ0) is 12.6. The zero-order valence-electron chi connectivity index (χ0n) is 10.7. The van der Waals surface area contributed by atoms with Gasteiger partial charge in [-0.15, -0.1) is 11.6 Å². The molecule has 0 bridgehead atoms. The molecule has 98 valence electrons. The topological polar surface area (TPSA) is 15.3 Å². The molecule has 0 amide bonds. The van der Waals surface area contributed by atoms with Gasteiger partial charge in [0.2, 0.25) is 0 Å². The standard InChI is InChI=1S/C15H21ClN2/c16-10-2-3-11-17-14-6-8-15(9-7-14)18-12-4-1-5-13-18/h2-3,6-9,17H,1,4-5,10-13H2/b3-2+. The van der Waals surface area contributed by atoms with Crippen LogP contribution in [0.1, 0.15) is 19.3 Å². The second-order valence-corrected chi connectivity index (χ2v) is 4.91. The van der Waals surface area contributed by atoms with E-state index in [1.165, 1.54) is 38.0 Å². The van der Waals surface area contributed by atoms with Gasteiger partial charge in [0.15, 0.2) is 0 Å². The summed E-state index contributed by atoms with van der Waals surface area (Å²) in [4.78, 5) is 2.47. The number of piperidine rings is 1. The van der Waals surface area contributed by atoms with Crippen molar-refractivity contribution in [2.45, 2.75) is 19.3 Å². The van der Waals surface area contributed by atoms with Crippen LogP contribution < -0.4 is 10.2 Å². The van der Waals surface area contributed by atoms with Gasteiger partial charge in [-0.2, -0.15) is 0 Å². The van der Waals surface area contributed by atoms with Crippen molar-refractivity contribution in [1.29, 1.82) is 0 Å². The minimum atomic E-state index is 0.579. The maximum absolute atomic E-state index is 5.57. The Hall–Kier alpha value is -1.15. The van der Waals surface area contributed by atoms with E-state index in [-0.39, 0.29) is 0 Å². The molecular weight excluding hydrogens is 244 g/mol. The molecule has 1 aromatic carbocycles. The highest BCUT2D eigenvalue weighted by atomic mass is 35.5. The number of alkyl halides is 1. The fourth-order valence-electron chi connectivity index (χ4n) is 2.27. The number of nitrogens with one attached hydrogen (secondary N) is 1. The Morgan fingerprint density at radius 3 is 2.44 bits per heavy atom. The molecule has 0 aliphatic carbocycles. The predicted octanol–water partition coefficient (Wildman–Crippen LogP) is 3.88. The van der Waals surface area contributed by atoms with Gasteiger partial charge in [0, 0.05) is 36.9 Å². The van der Waals surface area contributed by atoms with Crippen molar-refractivity contribution in [3.63, 3.8) is 0 Å². The Morgan fingerprint density at radius 1 is 1.06 bits per heavy atom. The molecule has 1 aromatic rings. The van der Waals surface area contributed by atoms with Gasteiger partial charge in [0.25, 0.3) is 0 Å². The summed E-state index contributed by atoms with van der Waals surface area (Å²) >= 11 is 5.57.